The van der Waals surface area contributed by atoms with Crippen LogP contribution in [-0.2, 0) is 19.6 Å². The number of hydrogen-bond acceptors (Lipinski definition) is 4. The molecule has 0 saturated carbocycles. The van der Waals surface area contributed by atoms with Crippen LogP contribution in [-0.4, -0.2) is 55.1 Å². The minimum atomic E-state index is -3.63. The van der Waals surface area contributed by atoms with Gasteiger partial charge in [-0.05, 0) is 43.0 Å². The lowest BCUT2D eigenvalue weighted by atomic mass is 9.94. The number of hydrogen-bond donors (Lipinski definition) is 1. The Bertz CT molecular complexity index is 776. The van der Waals surface area contributed by atoms with Gasteiger partial charge in [0.15, 0.2) is 0 Å². The standard InChI is InChI=1S/C17H23N3O4S/c1-12(21)18-15-5-7-16(8-6-15)25(23,24)20-9-3-4-14-10-19(13(2)22)11-17(14)20/h5-8,14,17H,3-4,9-11H2,1-2H3,(H,18,21)/t14-,17+/m1/s1. The first-order valence-corrected chi connectivity index (χ1v) is 9.88. The van der Waals surface area contributed by atoms with Crippen LogP contribution in [0.1, 0.15) is 26.7 Å². The molecule has 0 aromatic heterocycles. The lowest BCUT2D eigenvalue weighted by molar-refractivity contribution is -0.128. The third kappa shape index (κ3) is 3.55. The predicted molar refractivity (Wildman–Crippen MR) is 93.4 cm³/mol. The molecule has 2 amide bonds. The van der Waals surface area contributed by atoms with Gasteiger partial charge in [-0.3, -0.25) is 9.59 Å². The van der Waals surface area contributed by atoms with Crippen molar-refractivity contribution in [2.45, 2.75) is 37.6 Å². The number of sulfonamides is 1. The number of carbonyl (C=O) groups excluding carboxylic acids is 2. The number of likely N-dealkylation sites (tertiary alicyclic amines) is 1. The van der Waals surface area contributed by atoms with Gasteiger partial charge < -0.3 is 10.2 Å². The van der Waals surface area contributed by atoms with E-state index in [0.29, 0.717) is 25.3 Å². The summed E-state index contributed by atoms with van der Waals surface area (Å²) in [7, 11) is -3.63. The number of nitrogens with one attached hydrogen (secondary N) is 1. The van der Waals surface area contributed by atoms with Gasteiger partial charge in [-0.2, -0.15) is 4.31 Å². The minimum absolute atomic E-state index is 0.00796. The Morgan fingerprint density at radius 3 is 2.40 bits per heavy atom. The highest BCUT2D eigenvalue weighted by atomic mass is 32.2. The maximum Gasteiger partial charge on any atom is 0.243 e. The van der Waals surface area contributed by atoms with Crippen molar-refractivity contribution in [3.05, 3.63) is 24.3 Å². The van der Waals surface area contributed by atoms with Crippen LogP contribution in [0.25, 0.3) is 0 Å². The lowest BCUT2D eigenvalue weighted by Gasteiger charge is -2.35. The summed E-state index contributed by atoms with van der Waals surface area (Å²) in [5.41, 5.74) is 0.562. The molecule has 2 heterocycles. The molecule has 0 spiro atoms. The fraction of sp³-hybridized carbons (Fsp3) is 0.529. The van der Waals surface area contributed by atoms with Gasteiger partial charge in [0.05, 0.1) is 4.90 Å². The quantitative estimate of drug-likeness (QED) is 0.874. The molecule has 0 radical (unpaired) electrons. The summed E-state index contributed by atoms with van der Waals surface area (Å²) in [4.78, 5) is 24.7. The number of fused-ring (bicyclic) bond motifs is 1. The lowest BCUT2D eigenvalue weighted by Crippen LogP contribution is -2.48. The predicted octanol–water partition coefficient (Wildman–Crippen LogP) is 1.28. The SMILES string of the molecule is CC(=O)Nc1ccc(S(=O)(=O)N2CCC[C@@H]3CN(C(C)=O)C[C@@H]32)cc1. The number of piperidine rings is 1. The van der Waals surface area contributed by atoms with Crippen LogP contribution in [0, 0.1) is 5.92 Å². The number of rotatable bonds is 3. The molecule has 1 N–H and O–H groups in total. The van der Waals surface area contributed by atoms with Crippen molar-refractivity contribution >= 4 is 27.5 Å². The van der Waals surface area contributed by atoms with Crippen LogP contribution in [0.15, 0.2) is 29.2 Å². The summed E-state index contributed by atoms with van der Waals surface area (Å²) in [5, 5.41) is 2.63. The van der Waals surface area contributed by atoms with Crippen molar-refractivity contribution in [3.8, 4) is 0 Å². The Labute approximate surface area is 148 Å². The molecule has 1 aromatic rings. The average molecular weight is 365 g/mol. The van der Waals surface area contributed by atoms with Crippen molar-refractivity contribution in [1.82, 2.24) is 9.21 Å². The van der Waals surface area contributed by atoms with Gasteiger partial charge in [-0.1, -0.05) is 0 Å². The zero-order valence-corrected chi connectivity index (χ0v) is 15.3. The Morgan fingerprint density at radius 1 is 1.12 bits per heavy atom. The summed E-state index contributed by atoms with van der Waals surface area (Å²) in [5.74, 6) is -0.0118. The summed E-state index contributed by atoms with van der Waals surface area (Å²) in [6.07, 6.45) is 1.75. The third-order valence-corrected chi connectivity index (χ3v) is 6.90. The summed E-state index contributed by atoms with van der Waals surface area (Å²) in [6, 6.07) is 6.06. The second kappa shape index (κ2) is 6.76. The second-order valence-corrected chi connectivity index (χ2v) is 8.61. The van der Waals surface area contributed by atoms with Crippen LogP contribution in [0.4, 0.5) is 5.69 Å². The highest BCUT2D eigenvalue weighted by molar-refractivity contribution is 7.89. The van der Waals surface area contributed by atoms with Crippen LogP contribution in [0.2, 0.25) is 0 Å². The molecule has 0 unspecified atom stereocenters. The van der Waals surface area contributed by atoms with E-state index in [1.807, 2.05) is 0 Å². The van der Waals surface area contributed by atoms with Crippen LogP contribution in [0.5, 0.6) is 0 Å². The molecule has 2 saturated heterocycles. The molecular formula is C17H23N3O4S. The first kappa shape index (κ1) is 17.9. The molecule has 136 valence electrons. The van der Waals surface area contributed by atoms with Crippen molar-refractivity contribution in [1.29, 1.82) is 0 Å². The van der Waals surface area contributed by atoms with Gasteiger partial charge in [0, 0.05) is 45.2 Å². The van der Waals surface area contributed by atoms with Gasteiger partial charge in [0.1, 0.15) is 0 Å². The van der Waals surface area contributed by atoms with E-state index in [9.17, 15) is 18.0 Å². The van der Waals surface area contributed by atoms with Crippen molar-refractivity contribution in [3.63, 3.8) is 0 Å². The van der Waals surface area contributed by atoms with Gasteiger partial charge in [0.25, 0.3) is 0 Å². The molecule has 25 heavy (non-hydrogen) atoms. The smallest absolute Gasteiger partial charge is 0.243 e. The average Bonchev–Trinajstić information content (AvgIpc) is 2.99. The number of benzene rings is 1. The highest BCUT2D eigenvalue weighted by Gasteiger charge is 2.44. The summed E-state index contributed by atoms with van der Waals surface area (Å²) >= 11 is 0. The zero-order chi connectivity index (χ0) is 18.2. The van der Waals surface area contributed by atoms with Crippen LogP contribution in [0.3, 0.4) is 0 Å². The Hall–Kier alpha value is -1.93. The molecule has 0 aliphatic carbocycles. The molecule has 3 rings (SSSR count). The van der Waals surface area contributed by atoms with Gasteiger partial charge in [-0.25, -0.2) is 8.42 Å². The maximum atomic E-state index is 13.1. The molecule has 0 bridgehead atoms. The van der Waals surface area contributed by atoms with Crippen molar-refractivity contribution < 1.29 is 18.0 Å². The molecule has 2 aliphatic rings. The number of amides is 2. The van der Waals surface area contributed by atoms with E-state index < -0.39 is 10.0 Å². The summed E-state index contributed by atoms with van der Waals surface area (Å²) < 4.78 is 27.7. The normalized spacial score (nSPS) is 24.0. The highest BCUT2D eigenvalue weighted by Crippen LogP contribution is 2.34. The monoisotopic (exact) mass is 365 g/mol. The Balaban J connectivity index is 1.83. The van der Waals surface area contributed by atoms with Crippen molar-refractivity contribution in [2.24, 2.45) is 5.92 Å². The molecule has 7 nitrogen and oxygen atoms in total. The molecule has 1 aromatic carbocycles. The van der Waals surface area contributed by atoms with E-state index in [1.165, 1.54) is 26.0 Å². The number of carbonyl (C=O) groups is 2. The largest absolute Gasteiger partial charge is 0.341 e. The number of nitrogens with zero attached hydrogens (tertiary/aromatic N) is 2. The molecule has 2 fully saturated rings. The number of anilines is 1. The van der Waals surface area contributed by atoms with Gasteiger partial charge in [-0.15, -0.1) is 0 Å². The van der Waals surface area contributed by atoms with E-state index >= 15 is 0 Å². The van der Waals surface area contributed by atoms with Gasteiger partial charge in [0.2, 0.25) is 21.8 Å². The topological polar surface area (TPSA) is 86.8 Å². The zero-order valence-electron chi connectivity index (χ0n) is 14.4. The Kier molecular flexibility index (Phi) is 4.83. The fourth-order valence-corrected chi connectivity index (χ4v) is 5.46. The van der Waals surface area contributed by atoms with E-state index in [1.54, 1.807) is 21.3 Å². The Morgan fingerprint density at radius 2 is 1.80 bits per heavy atom. The van der Waals surface area contributed by atoms with Gasteiger partial charge >= 0.3 is 0 Å². The minimum Gasteiger partial charge on any atom is -0.341 e. The second-order valence-electron chi connectivity index (χ2n) is 6.71. The first-order valence-electron chi connectivity index (χ1n) is 8.44. The first-order chi connectivity index (χ1) is 11.8. The fourth-order valence-electron chi connectivity index (χ4n) is 3.74. The molecule has 2 atom stereocenters. The van der Waals surface area contributed by atoms with E-state index in [0.717, 1.165) is 12.8 Å². The molecular weight excluding hydrogens is 342 g/mol. The molecule has 8 heteroatoms. The van der Waals surface area contributed by atoms with E-state index in [-0.39, 0.29) is 28.7 Å². The third-order valence-electron chi connectivity index (χ3n) is 4.96. The van der Waals surface area contributed by atoms with Crippen molar-refractivity contribution in [2.75, 3.05) is 25.0 Å². The van der Waals surface area contributed by atoms with E-state index in [4.69, 9.17) is 0 Å². The maximum absolute atomic E-state index is 13.1. The molecule has 2 aliphatic heterocycles. The van der Waals surface area contributed by atoms with E-state index in [2.05, 4.69) is 5.32 Å². The van der Waals surface area contributed by atoms with Crippen LogP contribution >= 0.6 is 0 Å². The summed E-state index contributed by atoms with van der Waals surface area (Å²) in [6.45, 7) is 4.50. The van der Waals surface area contributed by atoms with Crippen LogP contribution < -0.4 is 5.32 Å².